The van der Waals surface area contributed by atoms with Gasteiger partial charge in [-0.25, -0.2) is 0 Å². The zero-order valence-electron chi connectivity index (χ0n) is 11.8. The highest BCUT2D eigenvalue weighted by atomic mass is 16.1. The molecule has 3 heteroatoms. The van der Waals surface area contributed by atoms with Gasteiger partial charge in [-0.3, -0.25) is 4.79 Å². The molecular weight excluding hydrogens is 212 g/mol. The van der Waals surface area contributed by atoms with Crippen molar-refractivity contribution in [3.63, 3.8) is 0 Å². The van der Waals surface area contributed by atoms with Crippen LogP contribution >= 0.6 is 0 Å². The van der Waals surface area contributed by atoms with E-state index in [4.69, 9.17) is 5.73 Å². The van der Waals surface area contributed by atoms with Crippen molar-refractivity contribution in [2.24, 2.45) is 23.0 Å². The van der Waals surface area contributed by atoms with Crippen LogP contribution in [0.5, 0.6) is 0 Å². The third kappa shape index (κ3) is 5.07. The molecule has 1 aliphatic carbocycles. The summed E-state index contributed by atoms with van der Waals surface area (Å²) in [5.41, 5.74) is 6.06. The predicted molar refractivity (Wildman–Crippen MR) is 71.6 cm³/mol. The number of hydrogen-bond acceptors (Lipinski definition) is 2. The van der Waals surface area contributed by atoms with Crippen LogP contribution in [0.25, 0.3) is 0 Å². The van der Waals surface area contributed by atoms with Gasteiger partial charge in [-0.15, -0.1) is 0 Å². The molecule has 0 spiro atoms. The molecule has 1 aliphatic rings. The quantitative estimate of drug-likeness (QED) is 0.792. The number of nitrogens with two attached hydrogens (primary N) is 1. The third-order valence-electron chi connectivity index (χ3n) is 4.14. The van der Waals surface area contributed by atoms with Crippen molar-refractivity contribution < 1.29 is 4.79 Å². The molecule has 0 heterocycles. The average Bonchev–Trinajstić information content (AvgIpc) is 2.60. The first-order chi connectivity index (χ1) is 7.79. The van der Waals surface area contributed by atoms with Gasteiger partial charge in [0.15, 0.2) is 0 Å². The molecule has 1 saturated carbocycles. The third-order valence-corrected chi connectivity index (χ3v) is 4.14. The molecule has 3 unspecified atom stereocenters. The van der Waals surface area contributed by atoms with Gasteiger partial charge in [0.25, 0.3) is 0 Å². The molecule has 3 N–H and O–H groups in total. The number of amides is 1. The molecule has 0 aromatic carbocycles. The largest absolute Gasteiger partial charge is 0.356 e. The summed E-state index contributed by atoms with van der Waals surface area (Å²) < 4.78 is 0. The van der Waals surface area contributed by atoms with E-state index in [2.05, 4.69) is 33.0 Å². The monoisotopic (exact) mass is 240 g/mol. The van der Waals surface area contributed by atoms with Gasteiger partial charge in [0.1, 0.15) is 0 Å². The molecule has 0 bridgehead atoms. The lowest BCUT2D eigenvalue weighted by atomic mass is 9.80. The van der Waals surface area contributed by atoms with Crippen LogP contribution in [0.15, 0.2) is 0 Å². The summed E-state index contributed by atoms with van der Waals surface area (Å²) in [5.74, 6) is 1.19. The average molecular weight is 240 g/mol. The lowest BCUT2D eigenvalue weighted by molar-refractivity contribution is -0.122. The summed E-state index contributed by atoms with van der Waals surface area (Å²) in [6.07, 6.45) is 3.96. The van der Waals surface area contributed by atoms with Gasteiger partial charge in [0, 0.05) is 19.0 Å². The number of carbonyl (C=O) groups is 1. The van der Waals surface area contributed by atoms with Gasteiger partial charge in [-0.05, 0) is 36.5 Å². The minimum absolute atomic E-state index is 0.188. The van der Waals surface area contributed by atoms with E-state index in [1.807, 2.05) is 0 Å². The van der Waals surface area contributed by atoms with Gasteiger partial charge in [0.05, 0.1) is 0 Å². The van der Waals surface area contributed by atoms with Crippen LogP contribution in [0.4, 0.5) is 0 Å². The molecule has 3 atom stereocenters. The van der Waals surface area contributed by atoms with Crippen molar-refractivity contribution >= 4 is 5.91 Å². The second kappa shape index (κ2) is 5.85. The van der Waals surface area contributed by atoms with Crippen molar-refractivity contribution in [3.8, 4) is 0 Å². The standard InChI is InChI=1S/C14H28N2O/c1-10(14(2,3)4)7-13(17)16-9-11-5-6-12(15)8-11/h10-12H,5-9,15H2,1-4H3,(H,16,17). The normalized spacial score (nSPS) is 26.9. The van der Waals surface area contributed by atoms with Crippen LogP contribution in [-0.2, 0) is 4.79 Å². The summed E-state index contributed by atoms with van der Waals surface area (Å²) in [5, 5.41) is 3.05. The maximum atomic E-state index is 11.8. The number of hydrogen-bond donors (Lipinski definition) is 2. The van der Waals surface area contributed by atoms with E-state index < -0.39 is 0 Å². The molecule has 1 rings (SSSR count). The van der Waals surface area contributed by atoms with Crippen molar-refractivity contribution in [2.75, 3.05) is 6.54 Å². The number of nitrogens with one attached hydrogen (secondary N) is 1. The Kier molecular flexibility index (Phi) is 4.99. The minimum atomic E-state index is 0.188. The van der Waals surface area contributed by atoms with Crippen molar-refractivity contribution in [1.82, 2.24) is 5.32 Å². The van der Waals surface area contributed by atoms with E-state index in [9.17, 15) is 4.79 Å². The molecule has 1 amide bonds. The fourth-order valence-corrected chi connectivity index (χ4v) is 2.21. The van der Waals surface area contributed by atoms with Crippen LogP contribution in [0.3, 0.4) is 0 Å². The first kappa shape index (κ1) is 14.5. The fourth-order valence-electron chi connectivity index (χ4n) is 2.21. The van der Waals surface area contributed by atoms with E-state index in [1.54, 1.807) is 0 Å². The molecule has 0 saturated heterocycles. The molecule has 0 aromatic rings. The summed E-state index contributed by atoms with van der Waals surface area (Å²) >= 11 is 0. The Morgan fingerprint density at radius 1 is 1.41 bits per heavy atom. The first-order valence-electron chi connectivity index (χ1n) is 6.81. The second-order valence-electron chi connectivity index (χ2n) is 6.71. The Morgan fingerprint density at radius 3 is 2.53 bits per heavy atom. The summed E-state index contributed by atoms with van der Waals surface area (Å²) in [6, 6.07) is 0.352. The fraction of sp³-hybridized carbons (Fsp3) is 0.929. The van der Waals surface area contributed by atoms with Crippen LogP contribution in [0.2, 0.25) is 0 Å². The minimum Gasteiger partial charge on any atom is -0.356 e. The van der Waals surface area contributed by atoms with Crippen LogP contribution in [0.1, 0.15) is 53.4 Å². The smallest absolute Gasteiger partial charge is 0.220 e. The topological polar surface area (TPSA) is 55.1 Å². The van der Waals surface area contributed by atoms with Gasteiger partial charge >= 0.3 is 0 Å². The number of carbonyl (C=O) groups excluding carboxylic acids is 1. The van der Waals surface area contributed by atoms with Crippen LogP contribution in [-0.4, -0.2) is 18.5 Å². The van der Waals surface area contributed by atoms with E-state index in [0.717, 1.165) is 25.8 Å². The van der Waals surface area contributed by atoms with Crippen molar-refractivity contribution in [2.45, 2.75) is 59.4 Å². The lowest BCUT2D eigenvalue weighted by Crippen LogP contribution is -2.32. The van der Waals surface area contributed by atoms with E-state index >= 15 is 0 Å². The maximum absolute atomic E-state index is 11.8. The highest BCUT2D eigenvalue weighted by Crippen LogP contribution is 2.28. The zero-order chi connectivity index (χ0) is 13.1. The number of rotatable bonds is 4. The Hall–Kier alpha value is -0.570. The van der Waals surface area contributed by atoms with E-state index in [-0.39, 0.29) is 11.3 Å². The predicted octanol–water partition coefficient (Wildman–Crippen LogP) is 2.30. The highest BCUT2D eigenvalue weighted by molar-refractivity contribution is 5.76. The maximum Gasteiger partial charge on any atom is 0.220 e. The molecule has 17 heavy (non-hydrogen) atoms. The van der Waals surface area contributed by atoms with Crippen LogP contribution in [0, 0.1) is 17.3 Å². The molecule has 0 aliphatic heterocycles. The lowest BCUT2D eigenvalue weighted by Gasteiger charge is -2.26. The van der Waals surface area contributed by atoms with E-state index in [1.165, 1.54) is 0 Å². The van der Waals surface area contributed by atoms with Gasteiger partial charge in [-0.2, -0.15) is 0 Å². The Bertz CT molecular complexity index is 257. The molecule has 1 fully saturated rings. The molecule has 3 nitrogen and oxygen atoms in total. The van der Waals surface area contributed by atoms with Crippen LogP contribution < -0.4 is 11.1 Å². The van der Waals surface area contributed by atoms with E-state index in [0.29, 0.717) is 24.3 Å². The molecule has 100 valence electrons. The summed E-state index contributed by atoms with van der Waals surface area (Å²) in [4.78, 5) is 11.8. The van der Waals surface area contributed by atoms with Crippen molar-refractivity contribution in [1.29, 1.82) is 0 Å². The summed E-state index contributed by atoms with van der Waals surface area (Å²) in [7, 11) is 0. The first-order valence-corrected chi connectivity index (χ1v) is 6.81. The highest BCUT2D eigenvalue weighted by Gasteiger charge is 2.24. The van der Waals surface area contributed by atoms with Gasteiger partial charge < -0.3 is 11.1 Å². The zero-order valence-corrected chi connectivity index (χ0v) is 11.8. The SMILES string of the molecule is CC(CC(=O)NCC1CCC(N)C1)C(C)(C)C. The Balaban J connectivity index is 2.21. The second-order valence-corrected chi connectivity index (χ2v) is 6.71. The molecule has 0 aromatic heterocycles. The molecular formula is C14H28N2O. The summed E-state index contributed by atoms with van der Waals surface area (Å²) in [6.45, 7) is 9.50. The molecule has 0 radical (unpaired) electrons. The Labute approximate surface area is 106 Å². The Morgan fingerprint density at radius 2 is 2.06 bits per heavy atom. The van der Waals surface area contributed by atoms with Gasteiger partial charge in [0.2, 0.25) is 5.91 Å². The van der Waals surface area contributed by atoms with Crippen molar-refractivity contribution in [3.05, 3.63) is 0 Å². The van der Waals surface area contributed by atoms with Gasteiger partial charge in [-0.1, -0.05) is 27.7 Å².